The fourth-order valence-electron chi connectivity index (χ4n) is 1.99. The highest BCUT2D eigenvalue weighted by atomic mass is 127. The highest BCUT2D eigenvalue weighted by molar-refractivity contribution is 14.0. The third kappa shape index (κ3) is 6.55. The van der Waals surface area contributed by atoms with Crippen LogP contribution in [0.4, 0.5) is 0 Å². The number of aromatic nitrogens is 3. The number of hydrogen-bond acceptors (Lipinski definition) is 3. The topological polar surface area (TPSA) is 67.1 Å². The average Bonchev–Trinajstić information content (AvgIpc) is 3.05. The monoisotopic (exact) mass is 428 g/mol. The van der Waals surface area contributed by atoms with Gasteiger partial charge in [-0.25, -0.2) is 9.67 Å². The number of guanidine groups is 1. The van der Waals surface area contributed by atoms with Crippen LogP contribution in [0, 0.1) is 5.92 Å². The smallest absolute Gasteiger partial charge is 0.191 e. The van der Waals surface area contributed by atoms with Crippen molar-refractivity contribution in [3.8, 4) is 5.82 Å². The van der Waals surface area contributed by atoms with Gasteiger partial charge in [0.25, 0.3) is 0 Å². The quantitative estimate of drug-likeness (QED) is 0.422. The minimum Gasteiger partial charge on any atom is -0.356 e. The van der Waals surface area contributed by atoms with E-state index in [9.17, 15) is 0 Å². The normalized spacial score (nSPS) is 11.2. The van der Waals surface area contributed by atoms with Crippen LogP contribution in [0.1, 0.15) is 25.8 Å². The Balaban J connectivity index is 0.00000264. The van der Waals surface area contributed by atoms with E-state index >= 15 is 0 Å². The highest BCUT2D eigenvalue weighted by Gasteiger charge is 2.02. The molecule has 0 aliphatic heterocycles. The molecule has 23 heavy (non-hydrogen) atoms. The van der Waals surface area contributed by atoms with Gasteiger partial charge in [0.05, 0.1) is 0 Å². The fourth-order valence-corrected chi connectivity index (χ4v) is 1.99. The van der Waals surface area contributed by atoms with Gasteiger partial charge in [0.15, 0.2) is 11.8 Å². The summed E-state index contributed by atoms with van der Waals surface area (Å²) in [5, 5.41) is 10.8. The summed E-state index contributed by atoms with van der Waals surface area (Å²) in [7, 11) is 1.78. The average molecular weight is 428 g/mol. The van der Waals surface area contributed by atoms with Gasteiger partial charge in [0.2, 0.25) is 0 Å². The zero-order chi connectivity index (χ0) is 15.8. The summed E-state index contributed by atoms with van der Waals surface area (Å²) < 4.78 is 1.75. The van der Waals surface area contributed by atoms with Crippen molar-refractivity contribution in [1.29, 1.82) is 0 Å². The number of pyridine rings is 1. The third-order valence-electron chi connectivity index (χ3n) is 3.25. The van der Waals surface area contributed by atoms with Crippen molar-refractivity contribution in [1.82, 2.24) is 25.4 Å². The second-order valence-electron chi connectivity index (χ2n) is 5.51. The van der Waals surface area contributed by atoms with E-state index in [-0.39, 0.29) is 24.0 Å². The molecule has 0 fully saturated rings. The van der Waals surface area contributed by atoms with E-state index in [0.29, 0.717) is 12.5 Å². The first-order chi connectivity index (χ1) is 10.7. The third-order valence-corrected chi connectivity index (χ3v) is 3.25. The summed E-state index contributed by atoms with van der Waals surface area (Å²) in [6.07, 6.45) is 6.54. The molecule has 0 bridgehead atoms. The minimum absolute atomic E-state index is 0. The van der Waals surface area contributed by atoms with Crippen LogP contribution in [0.15, 0.2) is 41.8 Å². The molecule has 126 valence electrons. The van der Waals surface area contributed by atoms with Gasteiger partial charge >= 0.3 is 0 Å². The molecule has 0 saturated carbocycles. The Hall–Kier alpha value is -1.64. The van der Waals surface area contributed by atoms with Crippen LogP contribution in [0.25, 0.3) is 5.82 Å². The lowest BCUT2D eigenvalue weighted by Gasteiger charge is -2.13. The summed E-state index contributed by atoms with van der Waals surface area (Å²) in [6.45, 7) is 6.04. The number of rotatable bonds is 6. The maximum absolute atomic E-state index is 4.32. The molecule has 0 aromatic carbocycles. The Morgan fingerprint density at radius 1 is 1.30 bits per heavy atom. The van der Waals surface area contributed by atoms with Crippen LogP contribution in [0.5, 0.6) is 0 Å². The standard InChI is InChI=1S/C16H24N6.HI/c1-13(2)5-8-19-16(17-3)20-12-14-6-9-18-15(11-14)22-10-4-7-21-22;/h4,6-7,9-11,13H,5,8,12H2,1-3H3,(H2,17,19,20);1H. The van der Waals surface area contributed by atoms with Crippen LogP contribution < -0.4 is 10.6 Å². The van der Waals surface area contributed by atoms with Crippen LogP contribution in [0.3, 0.4) is 0 Å². The Bertz CT molecular complexity index is 594. The van der Waals surface area contributed by atoms with Crippen LogP contribution in [-0.4, -0.2) is 34.3 Å². The Morgan fingerprint density at radius 3 is 2.78 bits per heavy atom. The zero-order valence-electron chi connectivity index (χ0n) is 13.9. The number of hydrogen-bond donors (Lipinski definition) is 2. The molecule has 0 atom stereocenters. The Labute approximate surface area is 154 Å². The van der Waals surface area contributed by atoms with E-state index in [4.69, 9.17) is 0 Å². The molecule has 0 radical (unpaired) electrons. The number of aliphatic imine (C=N–C) groups is 1. The molecule has 2 N–H and O–H groups in total. The van der Waals surface area contributed by atoms with Crippen LogP contribution in [0.2, 0.25) is 0 Å². The maximum Gasteiger partial charge on any atom is 0.191 e. The number of nitrogens with one attached hydrogen (secondary N) is 2. The Morgan fingerprint density at radius 2 is 2.13 bits per heavy atom. The highest BCUT2D eigenvalue weighted by Crippen LogP contribution is 2.05. The molecular weight excluding hydrogens is 403 g/mol. The van der Waals surface area contributed by atoms with E-state index in [0.717, 1.165) is 30.3 Å². The molecule has 0 unspecified atom stereocenters. The lowest BCUT2D eigenvalue weighted by molar-refractivity contribution is 0.573. The summed E-state index contributed by atoms with van der Waals surface area (Å²) in [4.78, 5) is 8.56. The first-order valence-electron chi connectivity index (χ1n) is 7.58. The first-order valence-corrected chi connectivity index (χ1v) is 7.58. The molecule has 2 rings (SSSR count). The molecule has 2 aromatic rings. The van der Waals surface area contributed by atoms with Crippen LogP contribution in [-0.2, 0) is 6.54 Å². The largest absolute Gasteiger partial charge is 0.356 e. The van der Waals surface area contributed by atoms with Gasteiger partial charge < -0.3 is 10.6 Å². The Kier molecular flexibility index (Phi) is 8.60. The van der Waals surface area contributed by atoms with Gasteiger partial charge in [-0.2, -0.15) is 5.10 Å². The van der Waals surface area contributed by atoms with Crippen molar-refractivity contribution in [2.75, 3.05) is 13.6 Å². The van der Waals surface area contributed by atoms with E-state index in [2.05, 4.69) is 39.6 Å². The van der Waals surface area contributed by atoms with E-state index in [1.165, 1.54) is 0 Å². The molecule has 2 heterocycles. The van der Waals surface area contributed by atoms with Crippen molar-refractivity contribution in [2.45, 2.75) is 26.8 Å². The summed E-state index contributed by atoms with van der Waals surface area (Å²) >= 11 is 0. The lowest BCUT2D eigenvalue weighted by atomic mass is 10.1. The van der Waals surface area contributed by atoms with E-state index < -0.39 is 0 Å². The van der Waals surface area contributed by atoms with Gasteiger partial charge in [-0.15, -0.1) is 24.0 Å². The molecular formula is C16H25IN6. The summed E-state index contributed by atoms with van der Waals surface area (Å²) in [5.41, 5.74) is 1.13. The van der Waals surface area contributed by atoms with Gasteiger partial charge in [0.1, 0.15) is 0 Å². The first kappa shape index (κ1) is 19.4. The second kappa shape index (κ2) is 10.2. The van der Waals surface area contributed by atoms with E-state index in [1.807, 2.05) is 24.4 Å². The molecule has 0 spiro atoms. The van der Waals surface area contributed by atoms with Crippen molar-refractivity contribution in [2.24, 2.45) is 10.9 Å². The lowest BCUT2D eigenvalue weighted by Crippen LogP contribution is -2.37. The molecule has 2 aromatic heterocycles. The number of nitrogens with zero attached hydrogens (tertiary/aromatic N) is 4. The number of halogens is 1. The minimum atomic E-state index is 0. The van der Waals surface area contributed by atoms with Gasteiger partial charge in [-0.3, -0.25) is 4.99 Å². The molecule has 0 amide bonds. The zero-order valence-corrected chi connectivity index (χ0v) is 16.2. The van der Waals surface area contributed by atoms with Crippen molar-refractivity contribution < 1.29 is 0 Å². The second-order valence-corrected chi connectivity index (χ2v) is 5.51. The maximum atomic E-state index is 4.32. The van der Waals surface area contributed by atoms with Crippen molar-refractivity contribution >= 4 is 29.9 Å². The summed E-state index contributed by atoms with van der Waals surface area (Å²) in [5.74, 6) is 2.31. The fraction of sp³-hybridized carbons (Fsp3) is 0.438. The van der Waals surface area contributed by atoms with Crippen molar-refractivity contribution in [3.63, 3.8) is 0 Å². The van der Waals surface area contributed by atoms with Gasteiger partial charge in [-0.05, 0) is 36.1 Å². The SMILES string of the molecule is CN=C(NCCC(C)C)NCc1ccnc(-n2cccn2)c1.I. The van der Waals surface area contributed by atoms with Crippen LogP contribution >= 0.6 is 24.0 Å². The van der Waals surface area contributed by atoms with Crippen molar-refractivity contribution in [3.05, 3.63) is 42.4 Å². The molecule has 0 saturated heterocycles. The molecule has 0 aliphatic rings. The van der Waals surface area contributed by atoms with Gasteiger partial charge in [-0.1, -0.05) is 13.8 Å². The summed E-state index contributed by atoms with van der Waals surface area (Å²) in [6, 6.07) is 5.88. The predicted octanol–water partition coefficient (Wildman–Crippen LogP) is 2.60. The van der Waals surface area contributed by atoms with Gasteiger partial charge in [0, 0.05) is 38.7 Å². The predicted molar refractivity (Wildman–Crippen MR) is 104 cm³/mol. The molecule has 0 aliphatic carbocycles. The molecule has 7 heteroatoms. The molecule has 6 nitrogen and oxygen atoms in total. The van der Waals surface area contributed by atoms with E-state index in [1.54, 1.807) is 24.1 Å².